The van der Waals surface area contributed by atoms with E-state index in [4.69, 9.17) is 4.52 Å². The van der Waals surface area contributed by atoms with Gasteiger partial charge in [0.2, 0.25) is 0 Å². The molecule has 0 amide bonds. The quantitative estimate of drug-likeness (QED) is 0.347. The number of aliphatic hydroxyl groups excluding tert-OH is 1. The van der Waals surface area contributed by atoms with Gasteiger partial charge in [-0.05, 0) is 12.0 Å². The summed E-state index contributed by atoms with van der Waals surface area (Å²) in [5.74, 6) is 1.45. The maximum Gasteiger partial charge on any atom is 0.191 e. The number of benzene rings is 1. The van der Waals surface area contributed by atoms with Crippen molar-refractivity contribution in [2.24, 2.45) is 4.99 Å². The zero-order chi connectivity index (χ0) is 16.5. The lowest BCUT2D eigenvalue weighted by Crippen LogP contribution is -2.39. The van der Waals surface area contributed by atoms with Crippen LogP contribution in [0.15, 0.2) is 45.9 Å². The Balaban J connectivity index is 0.00000288. The Hall–Kier alpha value is -1.61. The lowest BCUT2D eigenvalue weighted by atomic mass is 10.0. The monoisotopic (exact) mass is 444 g/mol. The topological polar surface area (TPSA) is 82.7 Å². The van der Waals surface area contributed by atoms with Crippen LogP contribution in [-0.4, -0.2) is 36.4 Å². The highest BCUT2D eigenvalue weighted by Gasteiger charge is 2.11. The molecule has 1 unspecified atom stereocenters. The molecule has 24 heavy (non-hydrogen) atoms. The standard InChI is InChI=1S/C17H24N4O2.HI/c1-3-15-9-16(23-21-15)11-20-17(18-2)19-10-14(12-22)13-7-5-4-6-8-13;/h4-9,14,22H,3,10-12H2,1-2H3,(H2,18,19,20);1H. The Labute approximate surface area is 159 Å². The first kappa shape index (κ1) is 20.4. The average molecular weight is 444 g/mol. The van der Waals surface area contributed by atoms with Crippen molar-refractivity contribution < 1.29 is 9.63 Å². The summed E-state index contributed by atoms with van der Waals surface area (Å²) in [5, 5.41) is 19.9. The summed E-state index contributed by atoms with van der Waals surface area (Å²) in [6.07, 6.45) is 0.853. The van der Waals surface area contributed by atoms with Crippen molar-refractivity contribution in [1.29, 1.82) is 0 Å². The van der Waals surface area contributed by atoms with E-state index < -0.39 is 0 Å². The molecule has 3 N–H and O–H groups in total. The molecule has 0 aliphatic heterocycles. The van der Waals surface area contributed by atoms with Gasteiger partial charge in [-0.2, -0.15) is 0 Å². The third-order valence-electron chi connectivity index (χ3n) is 3.63. The van der Waals surface area contributed by atoms with Crippen LogP contribution in [-0.2, 0) is 13.0 Å². The molecular formula is C17H25IN4O2. The van der Waals surface area contributed by atoms with Crippen molar-refractivity contribution in [2.75, 3.05) is 20.2 Å². The highest BCUT2D eigenvalue weighted by atomic mass is 127. The smallest absolute Gasteiger partial charge is 0.191 e. The first-order valence-electron chi connectivity index (χ1n) is 7.81. The number of aliphatic imine (C=N–C) groups is 1. The van der Waals surface area contributed by atoms with Gasteiger partial charge in [-0.25, -0.2) is 0 Å². The van der Waals surface area contributed by atoms with Crippen LogP contribution in [0.1, 0.15) is 29.9 Å². The Morgan fingerprint density at radius 3 is 2.62 bits per heavy atom. The fourth-order valence-corrected chi connectivity index (χ4v) is 2.23. The number of hydrogen-bond donors (Lipinski definition) is 3. The van der Waals surface area contributed by atoms with Crippen LogP contribution in [0.2, 0.25) is 0 Å². The maximum absolute atomic E-state index is 9.58. The van der Waals surface area contributed by atoms with Gasteiger partial charge in [0.25, 0.3) is 0 Å². The van der Waals surface area contributed by atoms with Crippen molar-refractivity contribution in [3.05, 3.63) is 53.4 Å². The first-order chi connectivity index (χ1) is 11.3. The van der Waals surface area contributed by atoms with Gasteiger partial charge in [0, 0.05) is 25.6 Å². The van der Waals surface area contributed by atoms with E-state index >= 15 is 0 Å². The number of hydrogen-bond acceptors (Lipinski definition) is 4. The summed E-state index contributed by atoms with van der Waals surface area (Å²) in [7, 11) is 1.71. The summed E-state index contributed by atoms with van der Waals surface area (Å²) in [6, 6.07) is 11.9. The molecule has 0 aliphatic rings. The predicted octanol–water partition coefficient (Wildman–Crippen LogP) is 2.30. The number of guanidine groups is 1. The number of aromatic nitrogens is 1. The minimum atomic E-state index is 0. The molecule has 132 valence electrons. The van der Waals surface area contributed by atoms with Gasteiger partial charge in [-0.1, -0.05) is 42.4 Å². The molecule has 6 nitrogen and oxygen atoms in total. The third kappa shape index (κ3) is 6.12. The number of halogens is 1. The molecule has 1 atom stereocenters. The molecule has 0 fully saturated rings. The van der Waals surface area contributed by atoms with E-state index in [9.17, 15) is 5.11 Å². The molecule has 1 heterocycles. The minimum Gasteiger partial charge on any atom is -0.396 e. The highest BCUT2D eigenvalue weighted by molar-refractivity contribution is 14.0. The summed E-state index contributed by atoms with van der Waals surface area (Å²) < 4.78 is 5.23. The van der Waals surface area contributed by atoms with E-state index in [1.165, 1.54) is 0 Å². The molecule has 2 rings (SSSR count). The molecule has 1 aromatic carbocycles. The summed E-state index contributed by atoms with van der Waals surface area (Å²) in [6.45, 7) is 3.22. The van der Waals surface area contributed by atoms with Crippen LogP contribution < -0.4 is 10.6 Å². The highest BCUT2D eigenvalue weighted by Crippen LogP contribution is 2.13. The van der Waals surface area contributed by atoms with Crippen molar-refractivity contribution in [3.8, 4) is 0 Å². The predicted molar refractivity (Wildman–Crippen MR) is 106 cm³/mol. The van der Waals surface area contributed by atoms with E-state index in [1.807, 2.05) is 43.3 Å². The maximum atomic E-state index is 9.58. The van der Waals surface area contributed by atoms with Gasteiger partial charge in [0.05, 0.1) is 18.8 Å². The van der Waals surface area contributed by atoms with Crippen LogP contribution in [0, 0.1) is 0 Å². The second kappa shape index (κ2) is 11.0. The second-order valence-electron chi connectivity index (χ2n) is 5.23. The first-order valence-corrected chi connectivity index (χ1v) is 7.81. The molecule has 0 saturated heterocycles. The van der Waals surface area contributed by atoms with Gasteiger partial charge < -0.3 is 20.3 Å². The molecule has 0 aliphatic carbocycles. The van der Waals surface area contributed by atoms with Crippen LogP contribution in [0.5, 0.6) is 0 Å². The molecule has 7 heteroatoms. The van der Waals surface area contributed by atoms with Crippen LogP contribution in [0.4, 0.5) is 0 Å². The van der Waals surface area contributed by atoms with Gasteiger partial charge >= 0.3 is 0 Å². The van der Waals surface area contributed by atoms with E-state index in [1.54, 1.807) is 7.05 Å². The number of aliphatic hydroxyl groups is 1. The Bertz CT molecular complexity index is 616. The lowest BCUT2D eigenvalue weighted by Gasteiger charge is -2.17. The van der Waals surface area contributed by atoms with E-state index in [2.05, 4.69) is 20.8 Å². The second-order valence-corrected chi connectivity index (χ2v) is 5.23. The van der Waals surface area contributed by atoms with Crippen molar-refractivity contribution in [2.45, 2.75) is 25.8 Å². The van der Waals surface area contributed by atoms with Crippen molar-refractivity contribution >= 4 is 29.9 Å². The zero-order valence-electron chi connectivity index (χ0n) is 14.0. The minimum absolute atomic E-state index is 0. The fraction of sp³-hybridized carbons (Fsp3) is 0.412. The van der Waals surface area contributed by atoms with Gasteiger partial charge in [0.15, 0.2) is 11.7 Å². The Morgan fingerprint density at radius 2 is 2.04 bits per heavy atom. The third-order valence-corrected chi connectivity index (χ3v) is 3.63. The Kier molecular flexibility index (Phi) is 9.39. The molecule has 0 spiro atoms. The number of rotatable bonds is 7. The van der Waals surface area contributed by atoms with Gasteiger partial charge in [0.1, 0.15) is 0 Å². The van der Waals surface area contributed by atoms with E-state index in [-0.39, 0.29) is 36.5 Å². The van der Waals surface area contributed by atoms with Gasteiger partial charge in [-0.15, -0.1) is 24.0 Å². The van der Waals surface area contributed by atoms with Crippen LogP contribution in [0.3, 0.4) is 0 Å². The van der Waals surface area contributed by atoms with Crippen LogP contribution in [0.25, 0.3) is 0 Å². The molecule has 2 aromatic rings. The molecule has 1 aromatic heterocycles. The normalized spacial score (nSPS) is 12.4. The van der Waals surface area contributed by atoms with Crippen molar-refractivity contribution in [1.82, 2.24) is 15.8 Å². The Morgan fingerprint density at radius 1 is 1.29 bits per heavy atom. The van der Waals surface area contributed by atoms with Crippen LogP contribution >= 0.6 is 24.0 Å². The summed E-state index contributed by atoms with van der Waals surface area (Å²) >= 11 is 0. The SMILES string of the molecule is CCc1cc(CNC(=NC)NCC(CO)c2ccccc2)on1.I. The van der Waals surface area contributed by atoms with E-state index in [0.29, 0.717) is 19.0 Å². The van der Waals surface area contributed by atoms with E-state index in [0.717, 1.165) is 23.4 Å². The fourth-order valence-electron chi connectivity index (χ4n) is 2.23. The molecule has 0 bridgehead atoms. The number of aryl methyl sites for hydroxylation is 1. The summed E-state index contributed by atoms with van der Waals surface area (Å²) in [4.78, 5) is 4.18. The molecule has 0 saturated carbocycles. The largest absolute Gasteiger partial charge is 0.396 e. The molecule has 0 radical (unpaired) electrons. The zero-order valence-corrected chi connectivity index (χ0v) is 16.4. The molecular weight excluding hydrogens is 419 g/mol. The lowest BCUT2D eigenvalue weighted by molar-refractivity contribution is 0.265. The number of nitrogens with zero attached hydrogens (tertiary/aromatic N) is 2. The average Bonchev–Trinajstić information content (AvgIpc) is 3.07. The number of nitrogens with one attached hydrogen (secondary N) is 2. The summed E-state index contributed by atoms with van der Waals surface area (Å²) in [5.41, 5.74) is 2.04. The van der Waals surface area contributed by atoms with Gasteiger partial charge in [-0.3, -0.25) is 4.99 Å². The van der Waals surface area contributed by atoms with Crippen molar-refractivity contribution in [3.63, 3.8) is 0 Å².